The summed E-state index contributed by atoms with van der Waals surface area (Å²) in [6.07, 6.45) is 2.43. The molecule has 0 bridgehead atoms. The number of rotatable bonds is 6. The van der Waals surface area contributed by atoms with Crippen LogP contribution in [0.4, 0.5) is 4.79 Å². The molecule has 1 unspecified atom stereocenters. The number of piperidine rings is 2. The number of aromatic nitrogens is 2. The Morgan fingerprint density at radius 1 is 0.833 bits per heavy atom. The number of likely N-dealkylation sites (tertiary alicyclic amines) is 2. The highest BCUT2D eigenvalue weighted by molar-refractivity contribution is 9.13. The molecule has 10 nitrogen and oxygen atoms in total. The molecule has 0 aliphatic carbocycles. The lowest BCUT2D eigenvalue weighted by Gasteiger charge is -2.42. The molecule has 3 fully saturated rings. The average molecular weight is 783 g/mol. The first-order valence-corrected chi connectivity index (χ1v) is 18.6. The molecule has 254 valence electrons. The number of aromatic amines is 1. The van der Waals surface area contributed by atoms with Gasteiger partial charge in [0.25, 0.3) is 5.91 Å². The van der Waals surface area contributed by atoms with E-state index in [-0.39, 0.29) is 17.6 Å². The van der Waals surface area contributed by atoms with Crippen molar-refractivity contribution in [1.29, 1.82) is 0 Å². The zero-order valence-corrected chi connectivity index (χ0v) is 30.4. The van der Waals surface area contributed by atoms with E-state index in [0.29, 0.717) is 51.5 Å². The fourth-order valence-corrected chi connectivity index (χ4v) is 8.34. The summed E-state index contributed by atoms with van der Waals surface area (Å²) < 4.78 is 9.72. The number of amides is 2. The van der Waals surface area contributed by atoms with Gasteiger partial charge in [0.1, 0.15) is 0 Å². The normalized spacial score (nSPS) is 19.6. The van der Waals surface area contributed by atoms with Crippen molar-refractivity contribution in [2.24, 2.45) is 0 Å². The number of carbonyl (C=O) groups is 2. The number of nitrogens with zero attached hydrogens (tertiary/aromatic N) is 5. The number of imidazole rings is 1. The molecule has 3 saturated heterocycles. The topological polar surface area (TPSA) is 94.1 Å². The van der Waals surface area contributed by atoms with Gasteiger partial charge in [-0.1, -0.05) is 36.4 Å². The van der Waals surface area contributed by atoms with E-state index in [1.807, 2.05) is 64.1 Å². The van der Waals surface area contributed by atoms with E-state index < -0.39 is 12.2 Å². The number of fused-ring (bicyclic) bond motifs is 3. The lowest BCUT2D eigenvalue weighted by molar-refractivity contribution is -0.143. The highest BCUT2D eigenvalue weighted by atomic mass is 79.9. The van der Waals surface area contributed by atoms with Gasteiger partial charge in [-0.15, -0.1) is 0 Å². The first kappa shape index (κ1) is 33.3. The Morgan fingerprint density at radius 3 is 2.27 bits per heavy atom. The Morgan fingerprint density at radius 2 is 1.54 bits per heavy atom. The molecule has 3 aliphatic rings. The molecule has 12 heteroatoms. The number of H-pyrrole nitrogens is 1. The van der Waals surface area contributed by atoms with Crippen molar-refractivity contribution in [1.82, 2.24) is 29.2 Å². The van der Waals surface area contributed by atoms with Crippen molar-refractivity contribution in [3.63, 3.8) is 0 Å². The summed E-state index contributed by atoms with van der Waals surface area (Å²) in [5.41, 5.74) is 2.49. The van der Waals surface area contributed by atoms with Crippen LogP contribution in [0.15, 0.2) is 68.3 Å². The highest BCUT2D eigenvalue weighted by Crippen LogP contribution is 2.30. The maximum atomic E-state index is 14.0. The van der Waals surface area contributed by atoms with Crippen LogP contribution in [-0.2, 0) is 16.0 Å². The van der Waals surface area contributed by atoms with E-state index in [2.05, 4.69) is 53.7 Å². The summed E-state index contributed by atoms with van der Waals surface area (Å²) in [5.74, 6) is -0.141. The minimum absolute atomic E-state index is 0.0464. The zero-order valence-electron chi connectivity index (χ0n) is 27.2. The second-order valence-electron chi connectivity index (χ2n) is 13.4. The average Bonchev–Trinajstić information content (AvgIpc) is 3.46. The fraction of sp³-hybridized carbons (Fsp3) is 0.472. The molecule has 0 saturated carbocycles. The van der Waals surface area contributed by atoms with Gasteiger partial charge in [0.05, 0.1) is 11.0 Å². The van der Waals surface area contributed by atoms with Crippen molar-refractivity contribution in [2.45, 2.75) is 50.3 Å². The van der Waals surface area contributed by atoms with Gasteiger partial charge in [-0.05, 0) is 107 Å². The van der Waals surface area contributed by atoms with E-state index in [1.54, 1.807) is 4.90 Å². The van der Waals surface area contributed by atoms with Gasteiger partial charge in [-0.25, -0.2) is 9.59 Å². The molecular formula is C36H42Br2N6O4. The third-order valence-corrected chi connectivity index (χ3v) is 12.3. The lowest BCUT2D eigenvalue weighted by Crippen LogP contribution is -2.56. The first-order valence-electron chi connectivity index (χ1n) is 17.0. The van der Waals surface area contributed by atoms with Gasteiger partial charge < -0.3 is 24.4 Å². The van der Waals surface area contributed by atoms with Crippen LogP contribution < -0.4 is 5.69 Å². The van der Waals surface area contributed by atoms with E-state index in [9.17, 15) is 14.4 Å². The van der Waals surface area contributed by atoms with Crippen LogP contribution in [-0.4, -0.2) is 113 Å². The molecular weight excluding hydrogens is 740 g/mol. The molecule has 1 N–H and O–H groups in total. The lowest BCUT2D eigenvalue weighted by atomic mass is 10.0. The number of hydrogen-bond donors (Lipinski definition) is 1. The third kappa shape index (κ3) is 6.94. The number of carbonyl (C=O) groups excluding carboxylic acids is 2. The van der Waals surface area contributed by atoms with Crippen molar-refractivity contribution in [3.8, 4) is 0 Å². The van der Waals surface area contributed by atoms with Gasteiger partial charge in [0.15, 0.2) is 6.10 Å². The predicted molar refractivity (Wildman–Crippen MR) is 194 cm³/mol. The molecule has 4 aromatic rings. The van der Waals surface area contributed by atoms with E-state index >= 15 is 0 Å². The Bertz CT molecular complexity index is 1850. The maximum Gasteiger partial charge on any atom is 0.410 e. The summed E-state index contributed by atoms with van der Waals surface area (Å²) in [6.45, 7) is 6.02. The summed E-state index contributed by atoms with van der Waals surface area (Å²) in [6, 6.07) is 18.4. The number of benzene rings is 3. The second-order valence-corrected chi connectivity index (χ2v) is 15.1. The monoisotopic (exact) mass is 780 g/mol. The van der Waals surface area contributed by atoms with Crippen molar-refractivity contribution < 1.29 is 14.3 Å². The SMILES string of the molecule is CN1CCC(N2CCN(C(=O)C(Cc3ccc(Br)c(Br)c3)OC(=O)N3CCC(n4c(=O)[nH]c5c6ccccc6ccc54)CC3)CC2)CC1. The third-order valence-electron chi connectivity index (χ3n) is 10.5. The van der Waals surface area contributed by atoms with Gasteiger partial charge in [0.2, 0.25) is 0 Å². The molecule has 48 heavy (non-hydrogen) atoms. The molecule has 1 aromatic heterocycles. The standard InChI is InChI=1S/C36H42Br2N6O4/c1-40-14-10-26(11-15-40)41-18-20-42(21-19-41)34(45)32(23-24-6-8-29(37)30(38)22-24)48-36(47)43-16-12-27(13-17-43)44-31-9-7-25-4-2-3-5-28(25)33(31)39-35(44)46/h2-9,22,26-27,32H,10-21,23H2,1H3,(H,39,46). The van der Waals surface area contributed by atoms with E-state index in [0.717, 1.165) is 75.3 Å². The van der Waals surface area contributed by atoms with Crippen molar-refractivity contribution in [3.05, 3.63) is 79.6 Å². The summed E-state index contributed by atoms with van der Waals surface area (Å²) in [5, 5.41) is 2.10. The van der Waals surface area contributed by atoms with Gasteiger partial charge >= 0.3 is 11.8 Å². The van der Waals surface area contributed by atoms with Crippen LogP contribution in [0, 0.1) is 0 Å². The molecule has 0 radical (unpaired) electrons. The molecule has 7 rings (SSSR count). The second kappa shape index (κ2) is 14.3. The van der Waals surface area contributed by atoms with Gasteiger partial charge in [-0.3, -0.25) is 14.3 Å². The van der Waals surface area contributed by atoms with Crippen molar-refractivity contribution >= 4 is 65.7 Å². The Labute approximate surface area is 297 Å². The molecule has 3 aliphatic heterocycles. The molecule has 2 amide bonds. The number of hydrogen-bond acceptors (Lipinski definition) is 6. The largest absolute Gasteiger partial charge is 0.436 e. The number of piperazine rings is 1. The summed E-state index contributed by atoms with van der Waals surface area (Å²) in [4.78, 5) is 52.3. The Kier molecular flexibility index (Phi) is 9.96. The molecule has 3 aromatic carbocycles. The van der Waals surface area contributed by atoms with Crippen LogP contribution in [0.5, 0.6) is 0 Å². The Balaban J connectivity index is 1.02. The smallest absolute Gasteiger partial charge is 0.410 e. The highest BCUT2D eigenvalue weighted by Gasteiger charge is 2.35. The zero-order chi connectivity index (χ0) is 33.4. The number of nitrogens with one attached hydrogen (secondary N) is 1. The first-order chi connectivity index (χ1) is 23.2. The van der Waals surface area contributed by atoms with Gasteiger partial charge in [-0.2, -0.15) is 0 Å². The predicted octanol–water partition coefficient (Wildman–Crippen LogP) is 5.63. The van der Waals surface area contributed by atoms with Crippen LogP contribution in [0.25, 0.3) is 21.8 Å². The molecule has 0 spiro atoms. The maximum absolute atomic E-state index is 14.0. The van der Waals surface area contributed by atoms with Crippen molar-refractivity contribution in [2.75, 3.05) is 59.4 Å². The van der Waals surface area contributed by atoms with Crippen LogP contribution in [0.3, 0.4) is 0 Å². The van der Waals surface area contributed by atoms with Crippen LogP contribution in [0.2, 0.25) is 0 Å². The van der Waals surface area contributed by atoms with E-state index in [4.69, 9.17) is 4.74 Å². The number of halogens is 2. The van der Waals surface area contributed by atoms with E-state index in [1.165, 1.54) is 0 Å². The fourth-order valence-electron chi connectivity index (χ4n) is 7.67. The van der Waals surface area contributed by atoms with Crippen LogP contribution in [0.1, 0.15) is 37.3 Å². The summed E-state index contributed by atoms with van der Waals surface area (Å²) in [7, 11) is 2.17. The summed E-state index contributed by atoms with van der Waals surface area (Å²) >= 11 is 7.10. The minimum atomic E-state index is -0.928. The van der Waals surface area contributed by atoms with Crippen LogP contribution >= 0.6 is 31.9 Å². The molecule has 1 atom stereocenters. The quantitative estimate of drug-likeness (QED) is 0.273. The van der Waals surface area contributed by atoms with Gasteiger partial charge in [0, 0.05) is 72.1 Å². The number of ether oxygens (including phenoxy) is 1. The minimum Gasteiger partial charge on any atom is -0.436 e. The Hall–Kier alpha value is -3.19. The molecule has 4 heterocycles.